The van der Waals surface area contributed by atoms with Crippen molar-refractivity contribution in [1.29, 1.82) is 0 Å². The van der Waals surface area contributed by atoms with Gasteiger partial charge in [0.15, 0.2) is 5.82 Å². The van der Waals surface area contributed by atoms with Crippen LogP contribution in [0, 0.1) is 17.7 Å². The molecule has 5 fully saturated rings. The van der Waals surface area contributed by atoms with E-state index in [0.717, 1.165) is 63.2 Å². The summed E-state index contributed by atoms with van der Waals surface area (Å²) in [6.45, 7) is 4.80. The molecule has 2 aromatic heterocycles. The lowest BCUT2D eigenvalue weighted by molar-refractivity contribution is 0.108. The maximum Gasteiger partial charge on any atom is 0.319 e. The van der Waals surface area contributed by atoms with Crippen molar-refractivity contribution in [2.75, 3.05) is 37.7 Å². The Balaban J connectivity index is 1.22. The number of benzene rings is 1. The van der Waals surface area contributed by atoms with Gasteiger partial charge in [-0.2, -0.15) is 9.97 Å². The average molecular weight is 514 g/mol. The number of hydrogen-bond acceptors (Lipinski definition) is 6. The summed E-state index contributed by atoms with van der Waals surface area (Å²) in [5, 5.41) is 0.699. The first-order valence-corrected chi connectivity index (χ1v) is 14.8. The molecule has 198 valence electrons. The van der Waals surface area contributed by atoms with E-state index in [1.165, 1.54) is 37.7 Å². The number of anilines is 1. The number of pyridine rings is 1. The summed E-state index contributed by atoms with van der Waals surface area (Å²) in [7, 11) is 0. The maximum absolute atomic E-state index is 16.4. The molecule has 0 amide bonds. The summed E-state index contributed by atoms with van der Waals surface area (Å²) in [4.78, 5) is 19.3. The number of piperidine rings is 1. The third-order valence-electron chi connectivity index (χ3n) is 10.1. The summed E-state index contributed by atoms with van der Waals surface area (Å²) in [5.41, 5.74) is 2.91. The SMILES string of the molecule is Fc1c(-c2ccccc2C2CC2)ncc2c(N3CC4CCC(C4)C3)nc(OCC34CCCN3CCC4)nc12. The summed E-state index contributed by atoms with van der Waals surface area (Å²) < 4.78 is 22.8. The number of halogens is 1. The summed E-state index contributed by atoms with van der Waals surface area (Å²) >= 11 is 0. The van der Waals surface area contributed by atoms with Crippen LogP contribution in [-0.2, 0) is 0 Å². The molecule has 3 saturated heterocycles. The van der Waals surface area contributed by atoms with Crippen LogP contribution in [0.4, 0.5) is 10.2 Å². The van der Waals surface area contributed by atoms with Crippen LogP contribution in [-0.4, -0.2) is 58.2 Å². The van der Waals surface area contributed by atoms with Gasteiger partial charge in [0, 0.05) is 24.8 Å². The molecule has 0 radical (unpaired) electrons. The van der Waals surface area contributed by atoms with E-state index >= 15 is 4.39 Å². The highest BCUT2D eigenvalue weighted by molar-refractivity contribution is 5.92. The average Bonchev–Trinajstić information content (AvgIpc) is 3.47. The Morgan fingerprint density at radius 3 is 2.50 bits per heavy atom. The van der Waals surface area contributed by atoms with Crippen LogP contribution in [0.2, 0.25) is 0 Å². The van der Waals surface area contributed by atoms with Crippen LogP contribution in [0.3, 0.4) is 0 Å². The van der Waals surface area contributed by atoms with Crippen molar-refractivity contribution in [3.05, 3.63) is 41.8 Å². The summed E-state index contributed by atoms with van der Waals surface area (Å²) in [6, 6.07) is 8.45. The number of rotatable bonds is 6. The number of hydrogen-bond donors (Lipinski definition) is 0. The molecule has 1 aromatic carbocycles. The van der Waals surface area contributed by atoms with Gasteiger partial charge in [-0.1, -0.05) is 24.3 Å². The first-order chi connectivity index (χ1) is 18.7. The second-order valence-corrected chi connectivity index (χ2v) is 12.5. The minimum Gasteiger partial charge on any atom is -0.461 e. The molecule has 2 saturated carbocycles. The van der Waals surface area contributed by atoms with Gasteiger partial charge in [-0.15, -0.1) is 0 Å². The van der Waals surface area contributed by atoms with Crippen molar-refractivity contribution in [3.63, 3.8) is 0 Å². The molecule has 0 N–H and O–H groups in total. The van der Waals surface area contributed by atoms with Crippen LogP contribution in [0.25, 0.3) is 22.2 Å². The maximum atomic E-state index is 16.4. The van der Waals surface area contributed by atoms with Crippen molar-refractivity contribution in [1.82, 2.24) is 19.9 Å². The van der Waals surface area contributed by atoms with E-state index < -0.39 is 0 Å². The zero-order valence-electron chi connectivity index (χ0n) is 22.0. The lowest BCUT2D eigenvalue weighted by atomic mass is 9.95. The molecular weight excluding hydrogens is 477 g/mol. The molecule has 7 heteroatoms. The second kappa shape index (κ2) is 8.87. The fourth-order valence-corrected chi connectivity index (χ4v) is 8.02. The number of nitrogens with zero attached hydrogens (tertiary/aromatic N) is 5. The third kappa shape index (κ3) is 3.80. The van der Waals surface area contributed by atoms with Gasteiger partial charge in [-0.25, -0.2) is 4.39 Å². The molecule has 3 aromatic rings. The Morgan fingerprint density at radius 2 is 1.74 bits per heavy atom. The normalized spacial score (nSPS) is 26.3. The standard InChI is InChI=1S/C31H36FN5O/c32-26-27(24-6-2-1-5-23(24)22-9-10-22)33-16-25-28(26)34-30(38-19-31-11-3-13-37(31)14-4-12-31)35-29(25)36-17-20-7-8-21(15-20)18-36/h1-2,5-6,16,20-22H,3-4,7-15,17-19H2. The molecule has 6 nitrogen and oxygen atoms in total. The van der Waals surface area contributed by atoms with Gasteiger partial charge >= 0.3 is 6.01 Å². The lowest BCUT2D eigenvalue weighted by Crippen LogP contribution is -2.43. The Hall–Kier alpha value is -2.80. The van der Waals surface area contributed by atoms with E-state index in [9.17, 15) is 0 Å². The lowest BCUT2D eigenvalue weighted by Gasteiger charge is -2.34. The molecule has 2 unspecified atom stereocenters. The Labute approximate surface area is 223 Å². The van der Waals surface area contributed by atoms with Crippen LogP contribution in [0.15, 0.2) is 30.5 Å². The van der Waals surface area contributed by atoms with E-state index in [-0.39, 0.29) is 11.4 Å². The van der Waals surface area contributed by atoms with Crippen LogP contribution < -0.4 is 9.64 Å². The van der Waals surface area contributed by atoms with Crippen LogP contribution in [0.5, 0.6) is 6.01 Å². The van der Waals surface area contributed by atoms with Crippen molar-refractivity contribution >= 4 is 16.7 Å². The molecule has 0 spiro atoms. The number of fused-ring (bicyclic) bond motifs is 4. The quantitative estimate of drug-likeness (QED) is 0.406. The van der Waals surface area contributed by atoms with Gasteiger partial charge in [0.05, 0.1) is 10.9 Å². The number of ether oxygens (including phenoxy) is 1. The molecule has 2 aliphatic carbocycles. The van der Waals surface area contributed by atoms with Gasteiger partial charge < -0.3 is 9.64 Å². The molecule has 5 heterocycles. The van der Waals surface area contributed by atoms with Gasteiger partial charge in [0.2, 0.25) is 0 Å². The zero-order chi connectivity index (χ0) is 25.3. The fourth-order valence-electron chi connectivity index (χ4n) is 8.02. The van der Waals surface area contributed by atoms with Crippen molar-refractivity contribution in [2.24, 2.45) is 11.8 Å². The zero-order valence-corrected chi connectivity index (χ0v) is 22.0. The van der Waals surface area contributed by atoms with Crippen molar-refractivity contribution in [2.45, 2.75) is 69.2 Å². The summed E-state index contributed by atoms with van der Waals surface area (Å²) in [6.07, 6.45) is 12.7. The van der Waals surface area contributed by atoms with Crippen molar-refractivity contribution < 1.29 is 9.13 Å². The highest BCUT2D eigenvalue weighted by Crippen LogP contribution is 2.46. The van der Waals surface area contributed by atoms with Gasteiger partial charge in [0.25, 0.3) is 0 Å². The van der Waals surface area contributed by atoms with Gasteiger partial charge in [-0.3, -0.25) is 9.88 Å². The molecular formula is C31H36FN5O. The minimum atomic E-state index is -0.356. The molecule has 8 rings (SSSR count). The van der Waals surface area contributed by atoms with Crippen LogP contribution in [0.1, 0.15) is 69.3 Å². The van der Waals surface area contributed by atoms with Crippen LogP contribution >= 0.6 is 0 Å². The van der Waals surface area contributed by atoms with E-state index in [4.69, 9.17) is 19.7 Å². The van der Waals surface area contributed by atoms with E-state index in [1.807, 2.05) is 18.2 Å². The molecule has 2 atom stereocenters. The van der Waals surface area contributed by atoms with E-state index in [0.29, 0.717) is 47.0 Å². The van der Waals surface area contributed by atoms with Crippen molar-refractivity contribution in [3.8, 4) is 17.3 Å². The first kappa shape index (κ1) is 23.1. The van der Waals surface area contributed by atoms with E-state index in [1.54, 1.807) is 6.20 Å². The molecule has 38 heavy (non-hydrogen) atoms. The predicted octanol–water partition coefficient (Wildman–Crippen LogP) is 5.95. The second-order valence-electron chi connectivity index (χ2n) is 12.5. The fraction of sp³-hybridized carbons (Fsp3) is 0.581. The topological polar surface area (TPSA) is 54.4 Å². The monoisotopic (exact) mass is 513 g/mol. The molecule has 2 bridgehead atoms. The first-order valence-electron chi connectivity index (χ1n) is 14.8. The Morgan fingerprint density at radius 1 is 0.974 bits per heavy atom. The highest BCUT2D eigenvalue weighted by Gasteiger charge is 2.45. The smallest absolute Gasteiger partial charge is 0.319 e. The Bertz CT molecular complexity index is 1370. The minimum absolute atomic E-state index is 0.0911. The largest absolute Gasteiger partial charge is 0.461 e. The third-order valence-corrected chi connectivity index (χ3v) is 10.1. The van der Waals surface area contributed by atoms with Gasteiger partial charge in [0.1, 0.15) is 23.6 Å². The van der Waals surface area contributed by atoms with E-state index in [2.05, 4.69) is 15.9 Å². The predicted molar refractivity (Wildman–Crippen MR) is 146 cm³/mol. The van der Waals surface area contributed by atoms with Gasteiger partial charge in [-0.05, 0) is 94.2 Å². The summed E-state index contributed by atoms with van der Waals surface area (Å²) in [5.74, 6) is 2.32. The number of aromatic nitrogens is 3. The molecule has 3 aliphatic heterocycles. The Kier molecular flexibility index (Phi) is 5.40. The molecule has 5 aliphatic rings. The highest BCUT2D eigenvalue weighted by atomic mass is 19.1.